The van der Waals surface area contributed by atoms with Gasteiger partial charge in [-0.1, -0.05) is 11.6 Å². The Labute approximate surface area is 121 Å². The molecule has 0 aliphatic carbocycles. The van der Waals surface area contributed by atoms with Gasteiger partial charge in [0.15, 0.2) is 0 Å². The Hall–Kier alpha value is -2.43. The number of rotatable bonds is 4. The number of aryl methyl sites for hydroxylation is 1. The summed E-state index contributed by atoms with van der Waals surface area (Å²) in [6.45, 7) is 3.83. The number of amides is 1. The summed E-state index contributed by atoms with van der Waals surface area (Å²) in [7, 11) is 0. The Morgan fingerprint density at radius 2 is 1.95 bits per heavy atom. The molecule has 0 aromatic heterocycles. The number of nitrogens with one attached hydrogen (secondary N) is 1. The van der Waals surface area contributed by atoms with Crippen LogP contribution in [0, 0.1) is 18.6 Å². The second-order valence-electron chi connectivity index (χ2n) is 4.51. The van der Waals surface area contributed by atoms with Crippen LogP contribution in [0.1, 0.15) is 22.8 Å². The molecule has 110 valence electrons. The highest BCUT2D eigenvalue weighted by Gasteiger charge is 2.14. The van der Waals surface area contributed by atoms with E-state index in [9.17, 15) is 13.6 Å². The summed E-state index contributed by atoms with van der Waals surface area (Å²) < 4.78 is 32.1. The zero-order chi connectivity index (χ0) is 15.4. The van der Waals surface area contributed by atoms with Gasteiger partial charge < -0.3 is 10.1 Å². The van der Waals surface area contributed by atoms with Gasteiger partial charge >= 0.3 is 0 Å². The molecular weight excluding hydrogens is 276 g/mol. The molecule has 0 unspecified atom stereocenters. The zero-order valence-corrected chi connectivity index (χ0v) is 11.7. The van der Waals surface area contributed by atoms with Crippen molar-refractivity contribution in [3.63, 3.8) is 0 Å². The Morgan fingerprint density at radius 1 is 1.19 bits per heavy atom. The first-order valence-corrected chi connectivity index (χ1v) is 6.51. The largest absolute Gasteiger partial charge is 0.492 e. The molecular formula is C16H15F2NO2. The summed E-state index contributed by atoms with van der Waals surface area (Å²) in [5, 5.41) is 2.54. The van der Waals surface area contributed by atoms with Crippen LogP contribution >= 0.6 is 0 Å². The minimum atomic E-state index is -0.613. The molecule has 0 atom stereocenters. The zero-order valence-electron chi connectivity index (χ0n) is 11.7. The Bertz CT molecular complexity index is 671. The maximum absolute atomic E-state index is 13.7. The van der Waals surface area contributed by atoms with E-state index in [1.807, 2.05) is 0 Å². The van der Waals surface area contributed by atoms with E-state index in [0.29, 0.717) is 12.3 Å². The van der Waals surface area contributed by atoms with Crippen LogP contribution in [0.3, 0.4) is 0 Å². The number of carbonyl (C=O) groups is 1. The van der Waals surface area contributed by atoms with Crippen molar-refractivity contribution < 1.29 is 18.3 Å². The molecule has 0 aliphatic rings. The third-order valence-electron chi connectivity index (χ3n) is 2.86. The molecule has 21 heavy (non-hydrogen) atoms. The molecule has 0 bridgehead atoms. The van der Waals surface area contributed by atoms with Gasteiger partial charge in [-0.2, -0.15) is 0 Å². The van der Waals surface area contributed by atoms with E-state index in [1.54, 1.807) is 19.9 Å². The van der Waals surface area contributed by atoms with Gasteiger partial charge in [0.25, 0.3) is 5.91 Å². The molecule has 1 N–H and O–H groups in total. The summed E-state index contributed by atoms with van der Waals surface area (Å²) in [4.78, 5) is 12.1. The van der Waals surface area contributed by atoms with Crippen LogP contribution in [-0.2, 0) is 0 Å². The quantitative estimate of drug-likeness (QED) is 0.927. The van der Waals surface area contributed by atoms with Gasteiger partial charge in [0.05, 0.1) is 17.9 Å². The van der Waals surface area contributed by atoms with E-state index in [-0.39, 0.29) is 11.3 Å². The lowest BCUT2D eigenvalue weighted by Gasteiger charge is -2.12. The fraction of sp³-hybridized carbons (Fsp3) is 0.188. The maximum atomic E-state index is 13.7. The molecule has 0 heterocycles. The third kappa shape index (κ3) is 3.56. The summed E-state index contributed by atoms with van der Waals surface area (Å²) in [5.74, 6) is -1.49. The van der Waals surface area contributed by atoms with Crippen molar-refractivity contribution in [2.45, 2.75) is 13.8 Å². The summed E-state index contributed by atoms with van der Waals surface area (Å²) >= 11 is 0. The molecule has 0 fully saturated rings. The number of anilines is 1. The molecule has 1 amide bonds. The van der Waals surface area contributed by atoms with Crippen LogP contribution in [0.2, 0.25) is 0 Å². The predicted molar refractivity (Wildman–Crippen MR) is 76.7 cm³/mol. The van der Waals surface area contributed by atoms with E-state index in [4.69, 9.17) is 4.74 Å². The SMILES string of the molecule is CCOc1cc(F)ccc1NC(=O)c1cc(C)ccc1F. The molecule has 3 nitrogen and oxygen atoms in total. The standard InChI is InChI=1S/C16H15F2NO2/c1-3-21-15-9-11(17)5-7-14(15)19-16(20)12-8-10(2)4-6-13(12)18/h4-9H,3H2,1-2H3,(H,19,20). The smallest absolute Gasteiger partial charge is 0.258 e. The fourth-order valence-corrected chi connectivity index (χ4v) is 1.88. The van der Waals surface area contributed by atoms with E-state index in [2.05, 4.69) is 5.32 Å². The number of hydrogen-bond acceptors (Lipinski definition) is 2. The van der Waals surface area contributed by atoms with Crippen molar-refractivity contribution in [1.29, 1.82) is 0 Å². The third-order valence-corrected chi connectivity index (χ3v) is 2.86. The molecule has 0 radical (unpaired) electrons. The van der Waals surface area contributed by atoms with E-state index in [1.165, 1.54) is 30.3 Å². The van der Waals surface area contributed by atoms with Crippen molar-refractivity contribution in [2.75, 3.05) is 11.9 Å². The van der Waals surface area contributed by atoms with Gasteiger partial charge in [0, 0.05) is 6.07 Å². The lowest BCUT2D eigenvalue weighted by atomic mass is 10.1. The summed E-state index contributed by atoms with van der Waals surface area (Å²) in [6, 6.07) is 8.02. The van der Waals surface area contributed by atoms with Crippen LogP contribution in [-0.4, -0.2) is 12.5 Å². The second-order valence-corrected chi connectivity index (χ2v) is 4.51. The highest BCUT2D eigenvalue weighted by atomic mass is 19.1. The van der Waals surface area contributed by atoms with Crippen molar-refractivity contribution >= 4 is 11.6 Å². The molecule has 0 saturated carbocycles. The lowest BCUT2D eigenvalue weighted by molar-refractivity contribution is 0.102. The van der Waals surface area contributed by atoms with Gasteiger partial charge in [-0.3, -0.25) is 4.79 Å². The number of halogens is 2. The average molecular weight is 291 g/mol. The highest BCUT2D eigenvalue weighted by Crippen LogP contribution is 2.26. The van der Waals surface area contributed by atoms with Crippen LogP contribution in [0.25, 0.3) is 0 Å². The Balaban J connectivity index is 2.29. The van der Waals surface area contributed by atoms with Crippen LogP contribution in [0.5, 0.6) is 5.75 Å². The fourth-order valence-electron chi connectivity index (χ4n) is 1.88. The lowest BCUT2D eigenvalue weighted by Crippen LogP contribution is -2.15. The van der Waals surface area contributed by atoms with Gasteiger partial charge in [-0.15, -0.1) is 0 Å². The summed E-state index contributed by atoms with van der Waals surface area (Å²) in [6.07, 6.45) is 0. The van der Waals surface area contributed by atoms with E-state index in [0.717, 1.165) is 5.56 Å². The average Bonchev–Trinajstić information content (AvgIpc) is 2.44. The van der Waals surface area contributed by atoms with Crippen LogP contribution in [0.4, 0.5) is 14.5 Å². The van der Waals surface area contributed by atoms with E-state index < -0.39 is 17.5 Å². The second kappa shape index (κ2) is 6.35. The molecule has 0 saturated heterocycles. The van der Waals surface area contributed by atoms with Crippen molar-refractivity contribution in [3.8, 4) is 5.75 Å². The van der Waals surface area contributed by atoms with Crippen molar-refractivity contribution in [3.05, 3.63) is 59.2 Å². The first-order valence-electron chi connectivity index (χ1n) is 6.51. The monoisotopic (exact) mass is 291 g/mol. The first kappa shape index (κ1) is 15.0. The number of hydrogen-bond donors (Lipinski definition) is 1. The minimum absolute atomic E-state index is 0.0678. The van der Waals surface area contributed by atoms with Gasteiger partial charge in [0.1, 0.15) is 17.4 Å². The number of carbonyl (C=O) groups excluding carboxylic acids is 1. The predicted octanol–water partition coefficient (Wildman–Crippen LogP) is 3.92. The topological polar surface area (TPSA) is 38.3 Å². The van der Waals surface area contributed by atoms with Gasteiger partial charge in [0.2, 0.25) is 0 Å². The van der Waals surface area contributed by atoms with Crippen molar-refractivity contribution in [1.82, 2.24) is 0 Å². The molecule has 2 rings (SSSR count). The molecule has 0 spiro atoms. The molecule has 2 aromatic rings. The Morgan fingerprint density at radius 3 is 2.67 bits per heavy atom. The molecule has 0 aliphatic heterocycles. The Kier molecular flexibility index (Phi) is 4.52. The number of ether oxygens (including phenoxy) is 1. The summed E-state index contributed by atoms with van der Waals surface area (Å²) in [5.41, 5.74) is 0.997. The first-order chi connectivity index (χ1) is 10.0. The molecule has 2 aromatic carbocycles. The number of benzene rings is 2. The van der Waals surface area contributed by atoms with E-state index >= 15 is 0 Å². The minimum Gasteiger partial charge on any atom is -0.492 e. The maximum Gasteiger partial charge on any atom is 0.258 e. The molecule has 5 heteroatoms. The van der Waals surface area contributed by atoms with Crippen molar-refractivity contribution in [2.24, 2.45) is 0 Å². The van der Waals surface area contributed by atoms with Gasteiger partial charge in [-0.25, -0.2) is 8.78 Å². The highest BCUT2D eigenvalue weighted by molar-refractivity contribution is 6.05. The normalized spacial score (nSPS) is 10.3. The van der Waals surface area contributed by atoms with Crippen LogP contribution in [0.15, 0.2) is 36.4 Å². The van der Waals surface area contributed by atoms with Gasteiger partial charge in [-0.05, 0) is 38.1 Å². The van der Waals surface area contributed by atoms with Crippen LogP contribution < -0.4 is 10.1 Å².